The average molecular weight is 423 g/mol. The molecule has 1 atom stereocenters. The van der Waals surface area contributed by atoms with E-state index < -0.39 is 6.04 Å². The monoisotopic (exact) mass is 423 g/mol. The van der Waals surface area contributed by atoms with Crippen molar-refractivity contribution in [3.8, 4) is 11.5 Å². The van der Waals surface area contributed by atoms with Gasteiger partial charge in [-0.15, -0.1) is 11.3 Å². The first-order valence-corrected chi connectivity index (χ1v) is 10.3. The molecule has 0 spiro atoms. The van der Waals surface area contributed by atoms with Crippen LogP contribution in [0.25, 0.3) is 0 Å². The molecule has 0 saturated heterocycles. The zero-order chi connectivity index (χ0) is 21.1. The zero-order valence-electron chi connectivity index (χ0n) is 16.6. The van der Waals surface area contributed by atoms with Crippen LogP contribution in [0.2, 0.25) is 0 Å². The van der Waals surface area contributed by atoms with Crippen molar-refractivity contribution in [1.82, 2.24) is 9.88 Å². The smallest absolute Gasteiger partial charge is 0.255 e. The summed E-state index contributed by atoms with van der Waals surface area (Å²) in [6.45, 7) is 0.443. The molecule has 1 aliphatic rings. The fourth-order valence-corrected chi connectivity index (χ4v) is 4.17. The van der Waals surface area contributed by atoms with E-state index in [-0.39, 0.29) is 18.2 Å². The normalized spacial score (nSPS) is 13.7. The maximum atomic E-state index is 13.1. The van der Waals surface area contributed by atoms with Gasteiger partial charge in [-0.25, -0.2) is 4.98 Å². The predicted octanol–water partition coefficient (Wildman–Crippen LogP) is 3.89. The second kappa shape index (κ2) is 8.54. The van der Waals surface area contributed by atoms with E-state index in [1.165, 1.54) is 11.3 Å². The van der Waals surface area contributed by atoms with Gasteiger partial charge in [-0.2, -0.15) is 0 Å². The van der Waals surface area contributed by atoms with Crippen molar-refractivity contribution in [1.29, 1.82) is 0 Å². The van der Waals surface area contributed by atoms with Crippen LogP contribution in [0.1, 0.15) is 33.9 Å². The molecule has 8 heteroatoms. The molecule has 1 aliphatic heterocycles. The van der Waals surface area contributed by atoms with E-state index in [2.05, 4.69) is 10.3 Å². The Morgan fingerprint density at radius 1 is 1.20 bits per heavy atom. The highest BCUT2D eigenvalue weighted by molar-refractivity contribution is 7.13. The third-order valence-corrected chi connectivity index (χ3v) is 5.76. The van der Waals surface area contributed by atoms with Crippen molar-refractivity contribution in [3.63, 3.8) is 0 Å². The SMILES string of the molecule is COc1ccc([C@H](CC(=O)Nc2nccs2)N2Cc3ccccc3C2=O)cc1OC. The van der Waals surface area contributed by atoms with Gasteiger partial charge in [0.1, 0.15) is 0 Å². The van der Waals surface area contributed by atoms with E-state index >= 15 is 0 Å². The summed E-state index contributed by atoms with van der Waals surface area (Å²) in [7, 11) is 3.12. The molecule has 154 valence electrons. The molecule has 4 rings (SSSR count). The summed E-state index contributed by atoms with van der Waals surface area (Å²) in [4.78, 5) is 31.7. The van der Waals surface area contributed by atoms with Crippen LogP contribution < -0.4 is 14.8 Å². The number of fused-ring (bicyclic) bond motifs is 1. The molecule has 0 radical (unpaired) electrons. The average Bonchev–Trinajstić information content (AvgIpc) is 3.39. The summed E-state index contributed by atoms with van der Waals surface area (Å²) < 4.78 is 10.8. The fourth-order valence-electron chi connectivity index (χ4n) is 3.63. The molecule has 1 aromatic heterocycles. The lowest BCUT2D eigenvalue weighted by Gasteiger charge is -2.28. The van der Waals surface area contributed by atoms with Gasteiger partial charge in [0.25, 0.3) is 5.91 Å². The van der Waals surface area contributed by atoms with Crippen molar-refractivity contribution in [2.45, 2.75) is 19.0 Å². The number of hydrogen-bond acceptors (Lipinski definition) is 6. The maximum absolute atomic E-state index is 13.1. The van der Waals surface area contributed by atoms with Gasteiger partial charge >= 0.3 is 0 Å². The van der Waals surface area contributed by atoms with E-state index in [1.54, 1.807) is 36.8 Å². The molecule has 0 unspecified atom stereocenters. The van der Waals surface area contributed by atoms with Gasteiger partial charge in [0.15, 0.2) is 16.6 Å². The lowest BCUT2D eigenvalue weighted by molar-refractivity contribution is -0.117. The summed E-state index contributed by atoms with van der Waals surface area (Å²) in [5.74, 6) is 0.827. The number of hydrogen-bond donors (Lipinski definition) is 1. The molecule has 2 heterocycles. The highest BCUT2D eigenvalue weighted by Crippen LogP contribution is 2.37. The minimum Gasteiger partial charge on any atom is -0.493 e. The molecule has 0 bridgehead atoms. The number of benzene rings is 2. The Morgan fingerprint density at radius 2 is 2.00 bits per heavy atom. The molecule has 3 aromatic rings. The first-order chi connectivity index (χ1) is 14.6. The minimum atomic E-state index is -0.468. The summed E-state index contributed by atoms with van der Waals surface area (Å²) in [5, 5.41) is 5.13. The van der Waals surface area contributed by atoms with Crippen molar-refractivity contribution in [2.24, 2.45) is 0 Å². The molecular weight excluding hydrogens is 402 g/mol. The molecule has 0 saturated carbocycles. The molecule has 0 fully saturated rings. The molecule has 1 N–H and O–H groups in total. The molecular formula is C22H21N3O4S. The van der Waals surface area contributed by atoms with Crippen LogP contribution in [-0.4, -0.2) is 35.9 Å². The third-order valence-electron chi connectivity index (χ3n) is 5.08. The van der Waals surface area contributed by atoms with Crippen LogP contribution in [0.5, 0.6) is 11.5 Å². The first kappa shape index (κ1) is 19.9. The van der Waals surface area contributed by atoms with Gasteiger partial charge in [0, 0.05) is 23.7 Å². The minimum absolute atomic E-state index is 0.0903. The maximum Gasteiger partial charge on any atom is 0.255 e. The Bertz CT molecular complexity index is 1070. The second-order valence-corrected chi connectivity index (χ2v) is 7.70. The lowest BCUT2D eigenvalue weighted by atomic mass is 10.0. The lowest BCUT2D eigenvalue weighted by Crippen LogP contribution is -2.32. The summed E-state index contributed by atoms with van der Waals surface area (Å²) in [6.07, 6.45) is 1.72. The molecule has 7 nitrogen and oxygen atoms in total. The number of nitrogens with zero attached hydrogens (tertiary/aromatic N) is 2. The van der Waals surface area contributed by atoms with Crippen molar-refractivity contribution in [2.75, 3.05) is 19.5 Å². The first-order valence-electron chi connectivity index (χ1n) is 9.41. The molecule has 2 amide bonds. The fraction of sp³-hybridized carbons (Fsp3) is 0.227. The highest BCUT2D eigenvalue weighted by atomic mass is 32.1. The van der Waals surface area contributed by atoms with Crippen molar-refractivity contribution >= 4 is 28.3 Å². The Morgan fingerprint density at radius 3 is 2.70 bits per heavy atom. The van der Waals surface area contributed by atoms with Crippen LogP contribution in [0, 0.1) is 0 Å². The number of nitrogens with one attached hydrogen (secondary N) is 1. The largest absolute Gasteiger partial charge is 0.493 e. The zero-order valence-corrected chi connectivity index (χ0v) is 17.4. The number of ether oxygens (including phenoxy) is 2. The van der Waals surface area contributed by atoms with E-state index in [1.807, 2.05) is 36.4 Å². The van der Waals surface area contributed by atoms with Crippen LogP contribution >= 0.6 is 11.3 Å². The Labute approximate surface area is 178 Å². The van der Waals surface area contributed by atoms with Crippen LogP contribution in [0.4, 0.5) is 5.13 Å². The van der Waals surface area contributed by atoms with Crippen LogP contribution in [-0.2, 0) is 11.3 Å². The summed E-state index contributed by atoms with van der Waals surface area (Å²) in [6, 6.07) is 12.5. The number of rotatable bonds is 7. The van der Waals surface area contributed by atoms with Crippen LogP contribution in [0.3, 0.4) is 0 Å². The van der Waals surface area contributed by atoms with Crippen LogP contribution in [0.15, 0.2) is 54.0 Å². The summed E-state index contributed by atoms with van der Waals surface area (Å²) in [5.41, 5.74) is 2.42. The predicted molar refractivity (Wildman–Crippen MR) is 114 cm³/mol. The number of methoxy groups -OCH3 is 2. The second-order valence-electron chi connectivity index (χ2n) is 6.81. The van der Waals surface area contributed by atoms with E-state index in [4.69, 9.17) is 9.47 Å². The van der Waals surface area contributed by atoms with E-state index in [0.717, 1.165) is 11.1 Å². The topological polar surface area (TPSA) is 80.8 Å². The van der Waals surface area contributed by atoms with Gasteiger partial charge < -0.3 is 19.7 Å². The molecule has 30 heavy (non-hydrogen) atoms. The van der Waals surface area contributed by atoms with Gasteiger partial charge in [-0.05, 0) is 29.3 Å². The quantitative estimate of drug-likeness (QED) is 0.624. The molecule has 0 aliphatic carbocycles. The Balaban J connectivity index is 1.67. The molecule has 2 aromatic carbocycles. The highest BCUT2D eigenvalue weighted by Gasteiger charge is 2.35. The standard InChI is InChI=1S/C22H21N3O4S/c1-28-18-8-7-14(11-19(18)29-2)17(12-20(26)24-22-23-9-10-30-22)25-13-15-5-3-4-6-16(15)21(25)27/h3-11,17H,12-13H2,1-2H3,(H,23,24,26)/t17-/m0/s1. The number of anilines is 1. The number of carbonyl (C=O) groups is 2. The van der Waals surface area contributed by atoms with E-state index in [0.29, 0.717) is 28.7 Å². The van der Waals surface area contributed by atoms with Gasteiger partial charge in [0.05, 0.1) is 26.7 Å². The van der Waals surface area contributed by atoms with Crippen molar-refractivity contribution < 1.29 is 19.1 Å². The number of aromatic nitrogens is 1. The van der Waals surface area contributed by atoms with Gasteiger partial charge in [-0.3, -0.25) is 9.59 Å². The number of carbonyl (C=O) groups excluding carboxylic acids is 2. The summed E-state index contributed by atoms with van der Waals surface area (Å²) >= 11 is 1.35. The third kappa shape index (κ3) is 3.86. The Kier molecular flexibility index (Phi) is 5.67. The number of thiazole rings is 1. The number of amides is 2. The van der Waals surface area contributed by atoms with Gasteiger partial charge in [0.2, 0.25) is 5.91 Å². The van der Waals surface area contributed by atoms with Crippen molar-refractivity contribution in [3.05, 3.63) is 70.7 Å². The van der Waals surface area contributed by atoms with E-state index in [9.17, 15) is 9.59 Å². The van der Waals surface area contributed by atoms with Gasteiger partial charge in [-0.1, -0.05) is 24.3 Å². The Hall–Kier alpha value is -3.39.